The fourth-order valence-electron chi connectivity index (χ4n) is 1.63. The smallest absolute Gasteiger partial charge is 0.125 e. The molecule has 0 saturated heterocycles. The van der Waals surface area contributed by atoms with Gasteiger partial charge < -0.3 is 15.6 Å². The van der Waals surface area contributed by atoms with E-state index in [4.69, 9.17) is 15.7 Å². The molecular weight excluding hydrogens is 216 g/mol. The van der Waals surface area contributed by atoms with Gasteiger partial charge in [0.15, 0.2) is 0 Å². The molecule has 0 amide bonds. The maximum absolute atomic E-state index is 9.37. The molecule has 17 heavy (non-hydrogen) atoms. The van der Waals surface area contributed by atoms with Gasteiger partial charge in [0.25, 0.3) is 0 Å². The van der Waals surface area contributed by atoms with Crippen LogP contribution in [0.3, 0.4) is 0 Å². The van der Waals surface area contributed by atoms with Gasteiger partial charge in [-0.2, -0.15) is 5.26 Å². The van der Waals surface area contributed by atoms with Crippen LogP contribution in [0.25, 0.3) is 0 Å². The van der Waals surface area contributed by atoms with Crippen molar-refractivity contribution in [1.29, 1.82) is 5.26 Å². The Bertz CT molecular complexity index is 424. The molecule has 0 aliphatic heterocycles. The van der Waals surface area contributed by atoms with Gasteiger partial charge in [-0.3, -0.25) is 0 Å². The number of benzene rings is 1. The standard InChI is InChI=1S/C13H18N2O2/c1-3-11-5-10(6-14)4-9(2)13(11)17-8-12(16)7-15/h4-5,12,16H,3,7-8,15H2,1-2H3/t12-/m0/s1. The van der Waals surface area contributed by atoms with E-state index in [-0.39, 0.29) is 13.2 Å². The van der Waals surface area contributed by atoms with E-state index in [2.05, 4.69) is 6.07 Å². The summed E-state index contributed by atoms with van der Waals surface area (Å²) < 4.78 is 5.57. The Balaban J connectivity index is 2.94. The van der Waals surface area contributed by atoms with Crippen molar-refractivity contribution in [2.75, 3.05) is 13.2 Å². The highest BCUT2D eigenvalue weighted by Gasteiger charge is 2.10. The average Bonchev–Trinajstić information content (AvgIpc) is 2.35. The molecule has 0 saturated carbocycles. The molecule has 92 valence electrons. The lowest BCUT2D eigenvalue weighted by molar-refractivity contribution is 0.113. The van der Waals surface area contributed by atoms with E-state index < -0.39 is 6.10 Å². The fraction of sp³-hybridized carbons (Fsp3) is 0.462. The summed E-state index contributed by atoms with van der Waals surface area (Å²) in [5.74, 6) is 0.749. The lowest BCUT2D eigenvalue weighted by Gasteiger charge is -2.16. The second-order valence-corrected chi connectivity index (χ2v) is 3.95. The van der Waals surface area contributed by atoms with Crippen molar-refractivity contribution in [2.45, 2.75) is 26.4 Å². The minimum absolute atomic E-state index is 0.177. The van der Waals surface area contributed by atoms with Gasteiger partial charge in [0.05, 0.1) is 11.6 Å². The van der Waals surface area contributed by atoms with Crippen molar-refractivity contribution in [1.82, 2.24) is 0 Å². The zero-order valence-electron chi connectivity index (χ0n) is 10.2. The first-order valence-corrected chi connectivity index (χ1v) is 5.66. The van der Waals surface area contributed by atoms with Crippen molar-refractivity contribution in [3.63, 3.8) is 0 Å². The topological polar surface area (TPSA) is 79.3 Å². The molecule has 3 N–H and O–H groups in total. The molecule has 0 bridgehead atoms. The van der Waals surface area contributed by atoms with Crippen LogP contribution in [0.1, 0.15) is 23.6 Å². The molecule has 0 heterocycles. The number of aryl methyl sites for hydroxylation is 2. The maximum Gasteiger partial charge on any atom is 0.125 e. The second kappa shape index (κ2) is 6.24. The van der Waals surface area contributed by atoms with Gasteiger partial charge in [0.2, 0.25) is 0 Å². The Morgan fingerprint density at radius 2 is 2.24 bits per heavy atom. The molecule has 0 fully saturated rings. The van der Waals surface area contributed by atoms with E-state index in [1.54, 1.807) is 6.07 Å². The maximum atomic E-state index is 9.37. The first-order chi connectivity index (χ1) is 8.12. The Morgan fingerprint density at radius 3 is 2.76 bits per heavy atom. The largest absolute Gasteiger partial charge is 0.490 e. The molecule has 4 nitrogen and oxygen atoms in total. The first kappa shape index (κ1) is 13.5. The van der Waals surface area contributed by atoms with E-state index >= 15 is 0 Å². The number of ether oxygens (including phenoxy) is 1. The zero-order chi connectivity index (χ0) is 12.8. The number of nitriles is 1. The molecule has 1 aromatic rings. The van der Waals surface area contributed by atoms with E-state index in [0.29, 0.717) is 5.56 Å². The van der Waals surface area contributed by atoms with Crippen molar-refractivity contribution < 1.29 is 9.84 Å². The number of rotatable bonds is 5. The minimum atomic E-state index is -0.658. The lowest BCUT2D eigenvalue weighted by Crippen LogP contribution is -2.27. The van der Waals surface area contributed by atoms with Crippen molar-refractivity contribution >= 4 is 0 Å². The van der Waals surface area contributed by atoms with Crippen LogP contribution in [0.5, 0.6) is 5.75 Å². The first-order valence-electron chi connectivity index (χ1n) is 5.66. The number of hydrogen-bond acceptors (Lipinski definition) is 4. The molecular formula is C13H18N2O2. The van der Waals surface area contributed by atoms with Crippen LogP contribution in [0.2, 0.25) is 0 Å². The molecule has 0 unspecified atom stereocenters. The third-order valence-electron chi connectivity index (χ3n) is 2.55. The van der Waals surface area contributed by atoms with Gasteiger partial charge in [-0.25, -0.2) is 0 Å². The molecule has 0 radical (unpaired) electrons. The Kier molecular flexibility index (Phi) is 4.95. The summed E-state index contributed by atoms with van der Waals surface area (Å²) in [5, 5.41) is 18.3. The van der Waals surface area contributed by atoms with Gasteiger partial charge in [0.1, 0.15) is 18.5 Å². The van der Waals surface area contributed by atoms with Crippen molar-refractivity contribution in [2.24, 2.45) is 5.73 Å². The summed E-state index contributed by atoms with van der Waals surface area (Å²) in [7, 11) is 0. The molecule has 1 rings (SSSR count). The molecule has 0 aromatic heterocycles. The Labute approximate surface area is 102 Å². The van der Waals surface area contributed by atoms with Crippen molar-refractivity contribution in [3.8, 4) is 11.8 Å². The van der Waals surface area contributed by atoms with E-state index in [1.807, 2.05) is 19.9 Å². The SMILES string of the molecule is CCc1cc(C#N)cc(C)c1OC[C@@H](O)CN. The Hall–Kier alpha value is -1.57. The summed E-state index contributed by atoms with van der Waals surface area (Å²) in [6.07, 6.45) is 0.125. The molecule has 0 spiro atoms. The third-order valence-corrected chi connectivity index (χ3v) is 2.55. The number of hydrogen-bond donors (Lipinski definition) is 2. The van der Waals surface area contributed by atoms with E-state index in [9.17, 15) is 5.11 Å². The summed E-state index contributed by atoms with van der Waals surface area (Å²) >= 11 is 0. The predicted octanol–water partition coefficient (Wildman–Crippen LogP) is 1.13. The molecule has 0 aliphatic rings. The van der Waals surface area contributed by atoms with Gasteiger partial charge in [-0.15, -0.1) is 0 Å². The van der Waals surface area contributed by atoms with E-state index in [1.165, 1.54) is 0 Å². The van der Waals surface area contributed by atoms with Crippen LogP contribution in [-0.2, 0) is 6.42 Å². The highest BCUT2D eigenvalue weighted by Crippen LogP contribution is 2.26. The lowest BCUT2D eigenvalue weighted by atomic mass is 10.0. The predicted molar refractivity (Wildman–Crippen MR) is 65.8 cm³/mol. The van der Waals surface area contributed by atoms with Crippen LogP contribution in [0, 0.1) is 18.3 Å². The van der Waals surface area contributed by atoms with Crippen molar-refractivity contribution in [3.05, 3.63) is 28.8 Å². The summed E-state index contributed by atoms with van der Waals surface area (Å²) in [4.78, 5) is 0. The summed E-state index contributed by atoms with van der Waals surface area (Å²) in [5.41, 5.74) is 7.83. The van der Waals surface area contributed by atoms with Crippen LogP contribution < -0.4 is 10.5 Å². The monoisotopic (exact) mass is 234 g/mol. The van der Waals surface area contributed by atoms with Gasteiger partial charge in [0, 0.05) is 6.54 Å². The number of nitrogens with two attached hydrogens (primary N) is 1. The molecule has 0 aliphatic carbocycles. The quantitative estimate of drug-likeness (QED) is 0.800. The fourth-order valence-corrected chi connectivity index (χ4v) is 1.63. The van der Waals surface area contributed by atoms with Crippen LogP contribution in [0.4, 0.5) is 0 Å². The summed E-state index contributed by atoms with van der Waals surface area (Å²) in [6, 6.07) is 5.72. The minimum Gasteiger partial charge on any atom is -0.490 e. The zero-order valence-corrected chi connectivity index (χ0v) is 10.2. The third kappa shape index (κ3) is 3.45. The number of aliphatic hydroxyl groups excluding tert-OH is 1. The van der Waals surface area contributed by atoms with E-state index in [0.717, 1.165) is 23.3 Å². The summed E-state index contributed by atoms with van der Waals surface area (Å²) in [6.45, 7) is 4.25. The Morgan fingerprint density at radius 1 is 1.53 bits per heavy atom. The number of aliphatic hydroxyl groups is 1. The highest BCUT2D eigenvalue weighted by molar-refractivity contribution is 5.47. The van der Waals surface area contributed by atoms with Crippen LogP contribution in [0.15, 0.2) is 12.1 Å². The van der Waals surface area contributed by atoms with Crippen LogP contribution in [-0.4, -0.2) is 24.4 Å². The molecule has 1 atom stereocenters. The highest BCUT2D eigenvalue weighted by atomic mass is 16.5. The second-order valence-electron chi connectivity index (χ2n) is 3.95. The van der Waals surface area contributed by atoms with Crippen LogP contribution >= 0.6 is 0 Å². The van der Waals surface area contributed by atoms with Gasteiger partial charge in [-0.05, 0) is 36.6 Å². The van der Waals surface area contributed by atoms with Gasteiger partial charge >= 0.3 is 0 Å². The number of nitrogens with zero attached hydrogens (tertiary/aromatic N) is 1. The average molecular weight is 234 g/mol. The molecule has 1 aromatic carbocycles. The normalized spacial score (nSPS) is 11.9. The molecule has 4 heteroatoms. The van der Waals surface area contributed by atoms with Gasteiger partial charge in [-0.1, -0.05) is 6.92 Å².